The molecule has 102 valence electrons. The van der Waals surface area contributed by atoms with E-state index in [0.717, 1.165) is 6.42 Å². The van der Waals surface area contributed by atoms with Gasteiger partial charge < -0.3 is 10.2 Å². The minimum absolute atomic E-state index is 0.289. The summed E-state index contributed by atoms with van der Waals surface area (Å²) in [6.07, 6.45) is 0.948. The Hall–Kier alpha value is -0.620. The second-order valence-electron chi connectivity index (χ2n) is 4.62. The average Bonchev–Trinajstić information content (AvgIpc) is 2.24. The van der Waals surface area contributed by atoms with E-state index in [1.165, 1.54) is 4.90 Å². The zero-order valence-corrected chi connectivity index (χ0v) is 12.2. The maximum Gasteiger partial charge on any atom is 0.237 e. The first-order valence-corrected chi connectivity index (χ1v) is 7.57. The van der Waals surface area contributed by atoms with Gasteiger partial charge in [0.05, 0.1) is 5.25 Å². The molecular weight excluding hydrogens is 240 g/mol. The first-order chi connectivity index (χ1) is 7.70. The van der Waals surface area contributed by atoms with Gasteiger partial charge in [-0.15, -0.1) is 0 Å². The van der Waals surface area contributed by atoms with E-state index in [0.29, 0.717) is 6.54 Å². The number of carbonyl (C=O) groups excluding carboxylic acids is 1. The molecule has 2 unspecified atom stereocenters. The Morgan fingerprint density at radius 3 is 2.24 bits per heavy atom. The lowest BCUT2D eigenvalue weighted by molar-refractivity contribution is -0.125. The number of carbonyl (C=O) groups is 1. The van der Waals surface area contributed by atoms with Crippen molar-refractivity contribution in [1.82, 2.24) is 10.2 Å². The Morgan fingerprint density at radius 1 is 1.29 bits per heavy atom. The molecule has 0 fully saturated rings. The molecule has 0 aromatic rings. The van der Waals surface area contributed by atoms with Crippen molar-refractivity contribution >= 4 is 15.7 Å². The Kier molecular flexibility index (Phi) is 6.70. The highest BCUT2D eigenvalue weighted by atomic mass is 32.2. The molecule has 2 atom stereocenters. The third kappa shape index (κ3) is 6.02. The predicted molar refractivity (Wildman–Crippen MR) is 69.7 cm³/mol. The average molecular weight is 264 g/mol. The number of rotatable bonds is 7. The number of amides is 1. The normalized spacial score (nSPS) is 15.4. The monoisotopic (exact) mass is 264 g/mol. The first kappa shape index (κ1) is 16.4. The van der Waals surface area contributed by atoms with Crippen LogP contribution < -0.4 is 5.32 Å². The molecule has 0 bridgehead atoms. The van der Waals surface area contributed by atoms with Crippen molar-refractivity contribution in [2.45, 2.75) is 38.5 Å². The summed E-state index contributed by atoms with van der Waals surface area (Å²) < 4.78 is 23.7. The molecule has 17 heavy (non-hydrogen) atoms. The lowest BCUT2D eigenvalue weighted by atomic mass is 10.2. The molecule has 0 spiro atoms. The highest BCUT2D eigenvalue weighted by Gasteiger charge is 2.25. The van der Waals surface area contributed by atoms with E-state index >= 15 is 0 Å². The third-order valence-electron chi connectivity index (χ3n) is 2.80. The molecule has 0 aliphatic heterocycles. The molecule has 1 amide bonds. The largest absolute Gasteiger partial charge is 0.348 e. The molecule has 0 heterocycles. The molecule has 1 N–H and O–H groups in total. The van der Waals surface area contributed by atoms with Crippen molar-refractivity contribution in [2.75, 3.05) is 26.4 Å². The van der Waals surface area contributed by atoms with Crippen LogP contribution in [0.3, 0.4) is 0 Å². The van der Waals surface area contributed by atoms with Gasteiger partial charge in [0.2, 0.25) is 5.91 Å². The molecule has 0 saturated heterocycles. The number of nitrogens with zero attached hydrogens (tertiary/aromatic N) is 1. The fourth-order valence-electron chi connectivity index (χ4n) is 1.08. The number of nitrogens with one attached hydrogen (secondary N) is 1. The minimum atomic E-state index is -3.36. The fourth-order valence-corrected chi connectivity index (χ4v) is 2.32. The van der Waals surface area contributed by atoms with Crippen LogP contribution in [-0.4, -0.2) is 56.9 Å². The number of hydrogen-bond acceptors (Lipinski definition) is 4. The molecule has 0 saturated carbocycles. The molecule has 6 heteroatoms. The standard InChI is InChI=1S/C11H24N2O3S/c1-6-9(2)12-7-10(3)17(15,16)8-11(14)13(4)5/h9-10,12H,6-8H2,1-5H3. The minimum Gasteiger partial charge on any atom is -0.348 e. The van der Waals surface area contributed by atoms with Gasteiger partial charge in [-0.1, -0.05) is 6.92 Å². The lowest BCUT2D eigenvalue weighted by Gasteiger charge is -2.18. The Balaban J connectivity index is 4.36. The molecule has 5 nitrogen and oxygen atoms in total. The molecular formula is C11H24N2O3S. The van der Waals surface area contributed by atoms with Crippen LogP contribution in [0.25, 0.3) is 0 Å². The lowest BCUT2D eigenvalue weighted by Crippen LogP contribution is -2.40. The summed E-state index contributed by atoms with van der Waals surface area (Å²) in [6.45, 7) is 6.06. The zero-order valence-electron chi connectivity index (χ0n) is 11.4. The van der Waals surface area contributed by atoms with E-state index in [-0.39, 0.29) is 11.9 Å². The van der Waals surface area contributed by atoms with Crippen LogP contribution in [0.2, 0.25) is 0 Å². The van der Waals surface area contributed by atoms with Crippen LogP contribution in [0, 0.1) is 0 Å². The Labute approximate surface area is 104 Å². The van der Waals surface area contributed by atoms with Crippen LogP contribution in [0.1, 0.15) is 27.2 Å². The Morgan fingerprint density at radius 2 is 1.82 bits per heavy atom. The van der Waals surface area contributed by atoms with Gasteiger partial charge in [0.15, 0.2) is 9.84 Å². The van der Waals surface area contributed by atoms with Crippen molar-refractivity contribution in [1.29, 1.82) is 0 Å². The maximum atomic E-state index is 11.9. The van der Waals surface area contributed by atoms with Crippen molar-refractivity contribution < 1.29 is 13.2 Å². The summed E-state index contributed by atoms with van der Waals surface area (Å²) in [6, 6.07) is 0.289. The van der Waals surface area contributed by atoms with Crippen LogP contribution in [0.15, 0.2) is 0 Å². The third-order valence-corrected chi connectivity index (χ3v) is 4.84. The van der Waals surface area contributed by atoms with E-state index in [1.54, 1.807) is 21.0 Å². The van der Waals surface area contributed by atoms with Crippen molar-refractivity contribution in [3.05, 3.63) is 0 Å². The van der Waals surface area contributed by atoms with Crippen LogP contribution in [0.5, 0.6) is 0 Å². The van der Waals surface area contributed by atoms with Crippen molar-refractivity contribution in [3.8, 4) is 0 Å². The van der Waals surface area contributed by atoms with Gasteiger partial charge in [0, 0.05) is 26.7 Å². The molecule has 0 rings (SSSR count). The van der Waals surface area contributed by atoms with E-state index in [1.807, 2.05) is 13.8 Å². The number of sulfone groups is 1. The first-order valence-electron chi connectivity index (χ1n) is 5.85. The SMILES string of the molecule is CCC(C)NCC(C)S(=O)(=O)CC(=O)N(C)C. The van der Waals surface area contributed by atoms with Gasteiger partial charge in [-0.2, -0.15) is 0 Å². The smallest absolute Gasteiger partial charge is 0.237 e. The van der Waals surface area contributed by atoms with Crippen molar-refractivity contribution in [2.24, 2.45) is 0 Å². The van der Waals surface area contributed by atoms with E-state index < -0.39 is 20.8 Å². The van der Waals surface area contributed by atoms with Crippen LogP contribution in [-0.2, 0) is 14.6 Å². The quantitative estimate of drug-likeness (QED) is 0.716. The van der Waals surface area contributed by atoms with Crippen LogP contribution >= 0.6 is 0 Å². The van der Waals surface area contributed by atoms with E-state index in [2.05, 4.69) is 5.32 Å². The fraction of sp³-hybridized carbons (Fsp3) is 0.909. The summed E-state index contributed by atoms with van der Waals surface area (Å²) in [4.78, 5) is 12.7. The van der Waals surface area contributed by atoms with Gasteiger partial charge >= 0.3 is 0 Å². The molecule has 0 aromatic carbocycles. The summed E-state index contributed by atoms with van der Waals surface area (Å²) in [5.41, 5.74) is 0. The molecule has 0 radical (unpaired) electrons. The molecule has 0 aliphatic carbocycles. The topological polar surface area (TPSA) is 66.5 Å². The van der Waals surface area contributed by atoms with E-state index in [4.69, 9.17) is 0 Å². The Bertz CT molecular complexity index is 339. The number of hydrogen-bond donors (Lipinski definition) is 1. The summed E-state index contributed by atoms with van der Waals surface area (Å²) in [5, 5.41) is 2.60. The summed E-state index contributed by atoms with van der Waals surface area (Å²) in [7, 11) is -0.251. The van der Waals surface area contributed by atoms with Gasteiger partial charge in [-0.05, 0) is 20.3 Å². The highest BCUT2D eigenvalue weighted by molar-refractivity contribution is 7.92. The zero-order chi connectivity index (χ0) is 13.6. The molecule has 0 aliphatic rings. The second-order valence-corrected chi connectivity index (χ2v) is 7.04. The van der Waals surface area contributed by atoms with Gasteiger partial charge in [-0.3, -0.25) is 4.79 Å². The van der Waals surface area contributed by atoms with Gasteiger partial charge in [0.25, 0.3) is 0 Å². The van der Waals surface area contributed by atoms with Crippen LogP contribution in [0.4, 0.5) is 0 Å². The molecule has 0 aromatic heterocycles. The second kappa shape index (κ2) is 6.96. The predicted octanol–water partition coefficient (Wildman–Crippen LogP) is 0.266. The van der Waals surface area contributed by atoms with Gasteiger partial charge in [0.1, 0.15) is 5.75 Å². The highest BCUT2D eigenvalue weighted by Crippen LogP contribution is 2.03. The summed E-state index contributed by atoms with van der Waals surface area (Å²) >= 11 is 0. The van der Waals surface area contributed by atoms with Gasteiger partial charge in [-0.25, -0.2) is 8.42 Å². The summed E-state index contributed by atoms with van der Waals surface area (Å²) in [5.74, 6) is -0.788. The van der Waals surface area contributed by atoms with Crippen molar-refractivity contribution in [3.63, 3.8) is 0 Å². The van der Waals surface area contributed by atoms with E-state index in [9.17, 15) is 13.2 Å². The maximum absolute atomic E-state index is 11.9.